The van der Waals surface area contributed by atoms with Crippen molar-refractivity contribution >= 4 is 33.0 Å². The Morgan fingerprint density at radius 1 is 1.26 bits per heavy atom. The first-order chi connectivity index (χ1) is 12.5. The minimum Gasteiger partial charge on any atom is -0.324 e. The predicted octanol–water partition coefficient (Wildman–Crippen LogP) is 2.84. The molecule has 0 aliphatic heterocycles. The second kappa shape index (κ2) is 7.70. The van der Waals surface area contributed by atoms with E-state index in [4.69, 9.17) is 0 Å². The highest BCUT2D eigenvalue weighted by Crippen LogP contribution is 2.26. The number of nitro benzene ring substituents is 1. The number of carbonyl (C=O) groups excluding carboxylic acids is 1. The smallest absolute Gasteiger partial charge is 0.274 e. The zero-order chi connectivity index (χ0) is 20.4. The fourth-order valence-corrected chi connectivity index (χ4v) is 3.78. The van der Waals surface area contributed by atoms with Crippen molar-refractivity contribution in [2.45, 2.75) is 19.9 Å². The molecule has 10 heteroatoms. The summed E-state index contributed by atoms with van der Waals surface area (Å²) < 4.78 is 38.7. The van der Waals surface area contributed by atoms with Crippen LogP contribution in [0.3, 0.4) is 0 Å². The van der Waals surface area contributed by atoms with E-state index in [2.05, 4.69) is 5.32 Å². The van der Waals surface area contributed by atoms with Gasteiger partial charge in [-0.3, -0.25) is 19.2 Å². The second-order valence-electron chi connectivity index (χ2n) is 5.91. The van der Waals surface area contributed by atoms with Crippen LogP contribution in [-0.2, 0) is 14.8 Å². The number of carbonyl (C=O) groups is 1. The number of halogens is 1. The Labute approximate surface area is 155 Å². The average molecular weight is 395 g/mol. The largest absolute Gasteiger partial charge is 0.324 e. The summed E-state index contributed by atoms with van der Waals surface area (Å²) in [4.78, 5) is 23.1. The second-order valence-corrected chi connectivity index (χ2v) is 7.77. The minimum atomic E-state index is -3.91. The summed E-state index contributed by atoms with van der Waals surface area (Å²) in [6.07, 6.45) is 0.903. The zero-order valence-corrected chi connectivity index (χ0v) is 15.7. The van der Waals surface area contributed by atoms with E-state index in [0.29, 0.717) is 0 Å². The summed E-state index contributed by atoms with van der Waals surface area (Å²) in [5.41, 5.74) is 0.245. The predicted molar refractivity (Wildman–Crippen MR) is 99.6 cm³/mol. The molecule has 0 aliphatic carbocycles. The summed E-state index contributed by atoms with van der Waals surface area (Å²) in [6, 6.07) is 7.81. The lowest BCUT2D eigenvalue weighted by Gasteiger charge is -2.28. The average Bonchev–Trinajstić information content (AvgIpc) is 2.55. The molecule has 0 saturated carbocycles. The van der Waals surface area contributed by atoms with Crippen LogP contribution in [0, 0.1) is 22.9 Å². The van der Waals surface area contributed by atoms with Gasteiger partial charge in [-0.05, 0) is 38.1 Å². The molecule has 0 radical (unpaired) electrons. The lowest BCUT2D eigenvalue weighted by molar-refractivity contribution is -0.385. The van der Waals surface area contributed by atoms with Crippen molar-refractivity contribution in [2.75, 3.05) is 15.9 Å². The molecule has 2 aromatic carbocycles. The molecule has 0 heterocycles. The van der Waals surface area contributed by atoms with Gasteiger partial charge in [0.05, 0.1) is 28.1 Å². The number of amides is 1. The molecule has 2 rings (SSSR count). The van der Waals surface area contributed by atoms with Gasteiger partial charge in [0, 0.05) is 6.07 Å². The normalized spacial score (nSPS) is 12.3. The molecule has 0 fully saturated rings. The molecular formula is C17H18FN3O5S. The van der Waals surface area contributed by atoms with Gasteiger partial charge < -0.3 is 5.32 Å². The molecule has 144 valence electrons. The van der Waals surface area contributed by atoms with Crippen molar-refractivity contribution in [3.8, 4) is 0 Å². The van der Waals surface area contributed by atoms with Gasteiger partial charge in [-0.25, -0.2) is 12.8 Å². The van der Waals surface area contributed by atoms with E-state index in [1.165, 1.54) is 44.2 Å². The summed E-state index contributed by atoms with van der Waals surface area (Å²) in [6.45, 7) is 2.81. The lowest BCUT2D eigenvalue weighted by Crippen LogP contribution is -2.45. The van der Waals surface area contributed by atoms with Crippen LogP contribution in [0.4, 0.5) is 21.5 Å². The van der Waals surface area contributed by atoms with Crippen LogP contribution in [0.1, 0.15) is 12.5 Å². The Morgan fingerprint density at radius 3 is 2.44 bits per heavy atom. The molecule has 0 saturated heterocycles. The molecule has 0 spiro atoms. The Kier molecular flexibility index (Phi) is 5.79. The van der Waals surface area contributed by atoms with E-state index < -0.39 is 32.7 Å². The van der Waals surface area contributed by atoms with E-state index >= 15 is 0 Å². The van der Waals surface area contributed by atoms with E-state index in [0.717, 1.165) is 22.7 Å². The lowest BCUT2D eigenvalue weighted by atomic mass is 10.1. The number of nitro groups is 1. The maximum Gasteiger partial charge on any atom is 0.274 e. The van der Waals surface area contributed by atoms with Crippen LogP contribution >= 0.6 is 0 Å². The van der Waals surface area contributed by atoms with Crippen LogP contribution in [-0.4, -0.2) is 31.5 Å². The minimum absolute atomic E-state index is 0.00378. The van der Waals surface area contributed by atoms with Gasteiger partial charge >= 0.3 is 0 Å². The highest BCUT2D eigenvalue weighted by Gasteiger charge is 2.30. The van der Waals surface area contributed by atoms with Crippen LogP contribution in [0.5, 0.6) is 0 Å². The first kappa shape index (κ1) is 20.3. The van der Waals surface area contributed by atoms with Crippen LogP contribution in [0.15, 0.2) is 42.5 Å². The van der Waals surface area contributed by atoms with Crippen molar-refractivity contribution in [1.29, 1.82) is 0 Å². The molecule has 0 aliphatic rings. The summed E-state index contributed by atoms with van der Waals surface area (Å²) in [5.74, 6) is -1.36. The van der Waals surface area contributed by atoms with Crippen molar-refractivity contribution in [2.24, 2.45) is 0 Å². The highest BCUT2D eigenvalue weighted by molar-refractivity contribution is 7.92. The maximum absolute atomic E-state index is 13.5. The molecule has 0 unspecified atom stereocenters. The van der Waals surface area contributed by atoms with Gasteiger partial charge in [-0.1, -0.05) is 12.1 Å². The van der Waals surface area contributed by atoms with Crippen molar-refractivity contribution < 1.29 is 22.5 Å². The van der Waals surface area contributed by atoms with Crippen molar-refractivity contribution in [1.82, 2.24) is 0 Å². The number of benzene rings is 2. The third kappa shape index (κ3) is 4.59. The summed E-state index contributed by atoms with van der Waals surface area (Å²) in [7, 11) is -3.91. The number of rotatable bonds is 6. The quantitative estimate of drug-likeness (QED) is 0.597. The van der Waals surface area contributed by atoms with Crippen LogP contribution in [0.25, 0.3) is 0 Å². The monoisotopic (exact) mass is 395 g/mol. The van der Waals surface area contributed by atoms with E-state index in [-0.39, 0.29) is 22.6 Å². The van der Waals surface area contributed by atoms with Gasteiger partial charge in [0.25, 0.3) is 5.69 Å². The van der Waals surface area contributed by atoms with Gasteiger partial charge in [-0.15, -0.1) is 0 Å². The van der Waals surface area contributed by atoms with Gasteiger partial charge in [0.15, 0.2) is 0 Å². The molecule has 2 aromatic rings. The topological polar surface area (TPSA) is 110 Å². The standard InChI is InChI=1S/C17H18FN3O5S/c1-11-15(8-5-9-16(11)21(23)24)19-17(22)12(2)20(27(3,25)26)14-7-4-6-13(18)10-14/h4-10,12H,1-3H3,(H,19,22)/t12-/m0/s1. The number of nitrogens with one attached hydrogen (secondary N) is 1. The highest BCUT2D eigenvalue weighted by atomic mass is 32.2. The van der Waals surface area contributed by atoms with E-state index in [1.807, 2.05) is 0 Å². The molecule has 0 bridgehead atoms. The Morgan fingerprint density at radius 2 is 1.89 bits per heavy atom. The number of anilines is 2. The van der Waals surface area contributed by atoms with E-state index in [9.17, 15) is 27.7 Å². The maximum atomic E-state index is 13.5. The summed E-state index contributed by atoms with van der Waals surface area (Å²) in [5, 5.41) is 13.5. The third-order valence-electron chi connectivity index (χ3n) is 3.91. The molecular weight excluding hydrogens is 377 g/mol. The SMILES string of the molecule is Cc1c(NC(=O)[C@H](C)N(c2cccc(F)c2)S(C)(=O)=O)cccc1[N+](=O)[O-]. The summed E-state index contributed by atoms with van der Waals surface area (Å²) >= 11 is 0. The number of hydrogen-bond acceptors (Lipinski definition) is 5. The molecule has 1 N–H and O–H groups in total. The van der Waals surface area contributed by atoms with Crippen LogP contribution in [0.2, 0.25) is 0 Å². The van der Waals surface area contributed by atoms with Crippen molar-refractivity contribution in [3.63, 3.8) is 0 Å². The fraction of sp³-hybridized carbons (Fsp3) is 0.235. The Balaban J connectivity index is 2.37. The number of nitrogens with zero attached hydrogens (tertiary/aromatic N) is 2. The molecule has 0 aromatic heterocycles. The van der Waals surface area contributed by atoms with Gasteiger partial charge in [0.2, 0.25) is 15.9 Å². The van der Waals surface area contributed by atoms with E-state index in [1.54, 1.807) is 0 Å². The van der Waals surface area contributed by atoms with Gasteiger partial charge in [0.1, 0.15) is 11.9 Å². The molecule has 1 atom stereocenters. The Bertz CT molecular complexity index is 994. The van der Waals surface area contributed by atoms with Crippen LogP contribution < -0.4 is 9.62 Å². The first-order valence-corrected chi connectivity index (χ1v) is 9.67. The molecule has 8 nitrogen and oxygen atoms in total. The third-order valence-corrected chi connectivity index (χ3v) is 5.15. The van der Waals surface area contributed by atoms with Crippen molar-refractivity contribution in [3.05, 3.63) is 64.0 Å². The first-order valence-electron chi connectivity index (χ1n) is 7.82. The molecule has 27 heavy (non-hydrogen) atoms. The zero-order valence-electron chi connectivity index (χ0n) is 14.8. The number of sulfonamides is 1. The van der Waals surface area contributed by atoms with Gasteiger partial charge in [-0.2, -0.15) is 0 Å². The Hall–Kier alpha value is -3.01. The fourth-order valence-electron chi connectivity index (χ4n) is 2.62. The number of hydrogen-bond donors (Lipinski definition) is 1. The molecule has 1 amide bonds.